The Hall–Kier alpha value is -2.14. The minimum absolute atomic E-state index is 0.140. The van der Waals surface area contributed by atoms with Gasteiger partial charge in [-0.05, 0) is 31.0 Å². The smallest absolute Gasteiger partial charge is 0.305 e. The molecule has 1 aromatic heterocycles. The van der Waals surface area contributed by atoms with E-state index in [4.69, 9.17) is 5.11 Å². The van der Waals surface area contributed by atoms with Crippen molar-refractivity contribution < 1.29 is 14.7 Å². The maximum atomic E-state index is 12.3. The van der Waals surface area contributed by atoms with Gasteiger partial charge < -0.3 is 10.4 Å². The second-order valence-electron chi connectivity index (χ2n) is 4.88. The van der Waals surface area contributed by atoms with Crippen LogP contribution >= 0.6 is 11.3 Å². The largest absolute Gasteiger partial charge is 0.481 e. The zero-order valence-electron chi connectivity index (χ0n) is 11.9. The number of hydrogen-bond acceptors (Lipinski definition) is 3. The maximum Gasteiger partial charge on any atom is 0.305 e. The zero-order valence-corrected chi connectivity index (χ0v) is 12.7. The lowest BCUT2D eigenvalue weighted by atomic mass is 10.0. The summed E-state index contributed by atoms with van der Waals surface area (Å²) in [5.41, 5.74) is 1.86. The number of amides is 1. The summed E-state index contributed by atoms with van der Waals surface area (Å²) >= 11 is 1.42. The van der Waals surface area contributed by atoms with Crippen LogP contribution in [0.1, 0.15) is 38.1 Å². The van der Waals surface area contributed by atoms with E-state index in [1.165, 1.54) is 11.3 Å². The molecule has 0 aliphatic carbocycles. The van der Waals surface area contributed by atoms with Crippen molar-refractivity contribution in [1.29, 1.82) is 0 Å². The van der Waals surface area contributed by atoms with Crippen molar-refractivity contribution >= 4 is 23.2 Å². The molecule has 0 aliphatic heterocycles. The quantitative estimate of drug-likeness (QED) is 0.890. The molecule has 0 saturated heterocycles. The summed E-state index contributed by atoms with van der Waals surface area (Å²) in [6.07, 6.45) is -0.140. The van der Waals surface area contributed by atoms with Crippen molar-refractivity contribution in [3.05, 3.63) is 57.3 Å². The molecule has 1 amide bonds. The Balaban J connectivity index is 2.19. The minimum atomic E-state index is -0.942. The SMILES string of the molecule is Cc1cc(C(=O)NC(CC(=O)O)c2ccccc2)sc1C. The van der Waals surface area contributed by atoms with Crippen LogP contribution in [0, 0.1) is 13.8 Å². The number of carbonyl (C=O) groups is 2. The van der Waals surface area contributed by atoms with Crippen LogP contribution in [0.15, 0.2) is 36.4 Å². The molecule has 0 spiro atoms. The first-order chi connectivity index (χ1) is 9.97. The highest BCUT2D eigenvalue weighted by Crippen LogP contribution is 2.23. The molecule has 1 atom stereocenters. The topological polar surface area (TPSA) is 66.4 Å². The maximum absolute atomic E-state index is 12.3. The first kappa shape index (κ1) is 15.3. The molecule has 1 heterocycles. The highest BCUT2D eigenvalue weighted by atomic mass is 32.1. The Morgan fingerprint density at radius 1 is 1.24 bits per heavy atom. The van der Waals surface area contributed by atoms with E-state index in [0.29, 0.717) is 4.88 Å². The molecule has 0 saturated carbocycles. The van der Waals surface area contributed by atoms with Crippen molar-refractivity contribution in [2.75, 3.05) is 0 Å². The molecule has 4 nitrogen and oxygen atoms in total. The van der Waals surface area contributed by atoms with Gasteiger partial charge in [-0.2, -0.15) is 0 Å². The third-order valence-electron chi connectivity index (χ3n) is 3.28. The lowest BCUT2D eigenvalue weighted by molar-refractivity contribution is -0.137. The summed E-state index contributed by atoms with van der Waals surface area (Å²) in [6.45, 7) is 3.91. The number of nitrogens with one attached hydrogen (secondary N) is 1. The molecule has 5 heteroatoms. The molecule has 2 aromatic rings. The predicted molar refractivity (Wildman–Crippen MR) is 82.7 cm³/mol. The van der Waals surface area contributed by atoms with Crippen LogP contribution in [-0.2, 0) is 4.79 Å². The standard InChI is InChI=1S/C16H17NO3S/c1-10-8-14(21-11(10)2)16(20)17-13(9-15(18)19)12-6-4-3-5-7-12/h3-8,13H,9H2,1-2H3,(H,17,20)(H,18,19). The summed E-state index contributed by atoms with van der Waals surface area (Å²) in [4.78, 5) is 25.0. The van der Waals surface area contributed by atoms with E-state index in [2.05, 4.69) is 5.32 Å². The molecule has 1 aromatic carbocycles. The van der Waals surface area contributed by atoms with Gasteiger partial charge in [0.05, 0.1) is 17.3 Å². The number of carboxylic acids is 1. The van der Waals surface area contributed by atoms with Gasteiger partial charge in [0, 0.05) is 4.88 Å². The molecule has 2 rings (SSSR count). The van der Waals surface area contributed by atoms with Gasteiger partial charge in [-0.1, -0.05) is 30.3 Å². The summed E-state index contributed by atoms with van der Waals surface area (Å²) in [5, 5.41) is 11.8. The number of aryl methyl sites for hydroxylation is 2. The van der Waals surface area contributed by atoms with E-state index in [1.54, 1.807) is 0 Å². The average molecular weight is 303 g/mol. The number of rotatable bonds is 5. The second-order valence-corrected chi connectivity index (χ2v) is 6.14. The van der Waals surface area contributed by atoms with Crippen LogP contribution in [0.4, 0.5) is 0 Å². The molecule has 0 fully saturated rings. The van der Waals surface area contributed by atoms with Gasteiger partial charge in [0.15, 0.2) is 0 Å². The number of benzene rings is 1. The third-order valence-corrected chi connectivity index (χ3v) is 4.43. The lowest BCUT2D eigenvalue weighted by Crippen LogP contribution is -2.29. The van der Waals surface area contributed by atoms with Crippen LogP contribution in [0.25, 0.3) is 0 Å². The van der Waals surface area contributed by atoms with Crippen molar-refractivity contribution in [3.8, 4) is 0 Å². The molecule has 0 aliphatic rings. The van der Waals surface area contributed by atoms with Crippen molar-refractivity contribution in [1.82, 2.24) is 5.32 Å². The van der Waals surface area contributed by atoms with E-state index in [1.807, 2.05) is 50.2 Å². The van der Waals surface area contributed by atoms with Crippen molar-refractivity contribution in [2.24, 2.45) is 0 Å². The molecule has 1 unspecified atom stereocenters. The first-order valence-corrected chi connectivity index (χ1v) is 7.43. The zero-order chi connectivity index (χ0) is 15.4. The number of carbonyl (C=O) groups excluding carboxylic acids is 1. The van der Waals surface area contributed by atoms with Gasteiger partial charge in [-0.15, -0.1) is 11.3 Å². The summed E-state index contributed by atoms with van der Waals surface area (Å²) in [7, 11) is 0. The summed E-state index contributed by atoms with van der Waals surface area (Å²) in [6, 6.07) is 10.5. The second kappa shape index (κ2) is 6.54. The van der Waals surface area contributed by atoms with Gasteiger partial charge >= 0.3 is 5.97 Å². The van der Waals surface area contributed by atoms with E-state index in [0.717, 1.165) is 16.0 Å². The van der Waals surface area contributed by atoms with Crippen molar-refractivity contribution in [2.45, 2.75) is 26.3 Å². The summed E-state index contributed by atoms with van der Waals surface area (Å²) < 4.78 is 0. The average Bonchev–Trinajstić information content (AvgIpc) is 2.78. The Morgan fingerprint density at radius 3 is 2.43 bits per heavy atom. The van der Waals surface area contributed by atoms with Gasteiger partial charge in [0.2, 0.25) is 0 Å². The Labute approximate surface area is 127 Å². The third kappa shape index (κ3) is 3.92. The van der Waals surface area contributed by atoms with Gasteiger partial charge in [-0.25, -0.2) is 0 Å². The van der Waals surface area contributed by atoms with Crippen LogP contribution < -0.4 is 5.32 Å². The number of aliphatic carboxylic acids is 1. The molecule has 110 valence electrons. The van der Waals surface area contributed by atoms with E-state index in [9.17, 15) is 9.59 Å². The van der Waals surface area contributed by atoms with E-state index >= 15 is 0 Å². The fraction of sp³-hybridized carbons (Fsp3) is 0.250. The van der Waals surface area contributed by atoms with Gasteiger partial charge in [0.1, 0.15) is 0 Å². The predicted octanol–water partition coefficient (Wildman–Crippen LogP) is 3.31. The highest BCUT2D eigenvalue weighted by molar-refractivity contribution is 7.14. The molecule has 2 N–H and O–H groups in total. The number of carboxylic acid groups (broad SMARTS) is 1. The van der Waals surface area contributed by atoms with Gasteiger partial charge in [-0.3, -0.25) is 9.59 Å². The fourth-order valence-electron chi connectivity index (χ4n) is 2.03. The van der Waals surface area contributed by atoms with Crippen LogP contribution in [0.3, 0.4) is 0 Å². The molecule has 0 radical (unpaired) electrons. The highest BCUT2D eigenvalue weighted by Gasteiger charge is 2.20. The number of hydrogen-bond donors (Lipinski definition) is 2. The lowest BCUT2D eigenvalue weighted by Gasteiger charge is -2.16. The van der Waals surface area contributed by atoms with Crippen LogP contribution in [0.5, 0.6) is 0 Å². The van der Waals surface area contributed by atoms with Crippen LogP contribution in [0.2, 0.25) is 0 Å². The van der Waals surface area contributed by atoms with Gasteiger partial charge in [0.25, 0.3) is 5.91 Å². The first-order valence-electron chi connectivity index (χ1n) is 6.62. The monoisotopic (exact) mass is 303 g/mol. The molecule has 21 heavy (non-hydrogen) atoms. The van der Waals surface area contributed by atoms with E-state index < -0.39 is 12.0 Å². The van der Waals surface area contributed by atoms with Crippen molar-refractivity contribution in [3.63, 3.8) is 0 Å². The Morgan fingerprint density at radius 2 is 1.90 bits per heavy atom. The molecular formula is C16H17NO3S. The molecular weight excluding hydrogens is 286 g/mol. The Bertz CT molecular complexity index is 629. The van der Waals surface area contributed by atoms with Crippen LogP contribution in [-0.4, -0.2) is 17.0 Å². The minimum Gasteiger partial charge on any atom is -0.481 e. The van der Waals surface area contributed by atoms with E-state index in [-0.39, 0.29) is 12.3 Å². The molecule has 0 bridgehead atoms. The fourth-order valence-corrected chi connectivity index (χ4v) is 2.96. The Kier molecular flexibility index (Phi) is 4.75. The normalized spacial score (nSPS) is 11.9. The summed E-state index contributed by atoms with van der Waals surface area (Å²) in [5.74, 6) is -1.17. The number of thiophene rings is 1.